The third kappa shape index (κ3) is 3.97. The first-order valence-electron chi connectivity index (χ1n) is 10.2. The van der Waals surface area contributed by atoms with E-state index < -0.39 is 27.7 Å². The van der Waals surface area contributed by atoms with E-state index >= 15 is 0 Å². The summed E-state index contributed by atoms with van der Waals surface area (Å²) in [5.41, 5.74) is 0.587. The molecule has 8 nitrogen and oxygen atoms in total. The molecule has 0 N–H and O–H groups in total. The Bertz CT molecular complexity index is 1240. The van der Waals surface area contributed by atoms with Crippen molar-refractivity contribution in [1.29, 1.82) is 0 Å². The Morgan fingerprint density at radius 3 is 2.41 bits per heavy atom. The van der Waals surface area contributed by atoms with Gasteiger partial charge in [-0.05, 0) is 18.1 Å². The average molecular weight is 464 g/mol. The van der Waals surface area contributed by atoms with E-state index in [1.807, 2.05) is 13.8 Å². The van der Waals surface area contributed by atoms with E-state index in [0.29, 0.717) is 5.52 Å². The highest BCUT2D eigenvalue weighted by Gasteiger charge is 2.35. The number of rotatable bonds is 5. The van der Waals surface area contributed by atoms with Crippen LogP contribution < -0.4 is 0 Å². The number of piperazine rings is 1. The molecule has 0 saturated carbocycles. The summed E-state index contributed by atoms with van der Waals surface area (Å²) in [6, 6.07) is 4.40. The summed E-state index contributed by atoms with van der Waals surface area (Å²) in [4.78, 5) is 23.1. The first kappa shape index (κ1) is 22.3. The van der Waals surface area contributed by atoms with Crippen LogP contribution in [0.15, 0.2) is 47.9 Å². The number of pyridine rings is 1. The lowest BCUT2D eigenvalue weighted by Gasteiger charge is -2.36. The summed E-state index contributed by atoms with van der Waals surface area (Å²) in [7, 11) is -3.69. The van der Waals surface area contributed by atoms with Crippen molar-refractivity contribution in [2.24, 2.45) is 5.92 Å². The molecule has 3 aromatic rings. The zero-order chi connectivity index (χ0) is 23.0. The summed E-state index contributed by atoms with van der Waals surface area (Å²) < 4.78 is 55.9. The van der Waals surface area contributed by atoms with Crippen molar-refractivity contribution in [3.8, 4) is 0 Å². The summed E-state index contributed by atoms with van der Waals surface area (Å²) in [6.07, 6.45) is 4.21. The number of nitrogens with zero attached hydrogens (tertiary/aromatic N) is 5. The van der Waals surface area contributed by atoms with E-state index in [-0.39, 0.29) is 48.4 Å². The second kappa shape index (κ2) is 8.55. The van der Waals surface area contributed by atoms with Crippen LogP contribution in [0.4, 0.5) is 8.78 Å². The van der Waals surface area contributed by atoms with Gasteiger partial charge in [0.25, 0.3) is 0 Å². The lowest BCUT2D eigenvalue weighted by atomic mass is 10.0. The van der Waals surface area contributed by atoms with Crippen molar-refractivity contribution >= 4 is 27.0 Å². The SMILES string of the molecule is CC(C)C(C(=O)N1CCN(S(=O)(=O)c2cccnc2)CC1)n1cnc2cc(F)c(F)cc21. The van der Waals surface area contributed by atoms with Gasteiger partial charge >= 0.3 is 0 Å². The van der Waals surface area contributed by atoms with Crippen molar-refractivity contribution < 1.29 is 22.0 Å². The zero-order valence-electron chi connectivity index (χ0n) is 17.6. The molecule has 1 amide bonds. The minimum atomic E-state index is -3.69. The first-order chi connectivity index (χ1) is 15.2. The lowest BCUT2D eigenvalue weighted by molar-refractivity contribution is -0.137. The van der Waals surface area contributed by atoms with Gasteiger partial charge in [-0.15, -0.1) is 0 Å². The first-order valence-corrected chi connectivity index (χ1v) is 11.6. The molecule has 1 aliphatic rings. The Balaban J connectivity index is 1.54. The molecule has 3 heterocycles. The number of carbonyl (C=O) groups excluding carboxylic acids is 1. The predicted octanol–water partition coefficient (Wildman–Crippen LogP) is 2.44. The number of carbonyl (C=O) groups is 1. The Morgan fingerprint density at radius 2 is 1.78 bits per heavy atom. The Labute approximate surface area is 184 Å². The maximum atomic E-state index is 13.8. The fourth-order valence-corrected chi connectivity index (χ4v) is 5.34. The van der Waals surface area contributed by atoms with Crippen LogP contribution in [0.1, 0.15) is 19.9 Å². The number of hydrogen-bond acceptors (Lipinski definition) is 5. The lowest BCUT2D eigenvalue weighted by Crippen LogP contribution is -2.52. The molecule has 0 bridgehead atoms. The van der Waals surface area contributed by atoms with Crippen LogP contribution in [0.5, 0.6) is 0 Å². The summed E-state index contributed by atoms with van der Waals surface area (Å²) in [5, 5.41) is 0. The van der Waals surface area contributed by atoms with Gasteiger partial charge in [0.05, 0.1) is 17.4 Å². The predicted molar refractivity (Wildman–Crippen MR) is 113 cm³/mol. The molecule has 11 heteroatoms. The van der Waals surface area contributed by atoms with Gasteiger partial charge in [-0.2, -0.15) is 4.31 Å². The topological polar surface area (TPSA) is 88.4 Å². The molecule has 1 fully saturated rings. The number of sulfonamides is 1. The summed E-state index contributed by atoms with van der Waals surface area (Å²) in [5.74, 6) is -2.39. The van der Waals surface area contributed by atoms with Crippen molar-refractivity contribution in [1.82, 2.24) is 23.7 Å². The minimum Gasteiger partial charge on any atom is -0.338 e. The van der Waals surface area contributed by atoms with E-state index in [0.717, 1.165) is 12.1 Å². The molecule has 0 spiro atoms. The van der Waals surface area contributed by atoms with Crippen LogP contribution >= 0.6 is 0 Å². The molecule has 1 aromatic carbocycles. The van der Waals surface area contributed by atoms with Crippen LogP contribution in [0.2, 0.25) is 0 Å². The maximum absolute atomic E-state index is 13.8. The van der Waals surface area contributed by atoms with Crippen LogP contribution in [0.25, 0.3) is 11.0 Å². The van der Waals surface area contributed by atoms with E-state index in [1.165, 1.54) is 29.1 Å². The number of halogens is 2. The highest BCUT2D eigenvalue weighted by molar-refractivity contribution is 7.89. The molecule has 0 aliphatic carbocycles. The molecule has 1 atom stereocenters. The van der Waals surface area contributed by atoms with Crippen LogP contribution in [-0.4, -0.2) is 64.2 Å². The van der Waals surface area contributed by atoms with Gasteiger partial charge in [-0.3, -0.25) is 9.78 Å². The number of hydrogen-bond donors (Lipinski definition) is 0. The molecule has 1 aliphatic heterocycles. The van der Waals surface area contributed by atoms with Gasteiger partial charge in [-0.1, -0.05) is 13.8 Å². The Morgan fingerprint density at radius 1 is 1.09 bits per heavy atom. The van der Waals surface area contributed by atoms with Crippen molar-refractivity contribution in [3.63, 3.8) is 0 Å². The highest BCUT2D eigenvalue weighted by Crippen LogP contribution is 2.28. The van der Waals surface area contributed by atoms with E-state index in [2.05, 4.69) is 9.97 Å². The van der Waals surface area contributed by atoms with Crippen molar-refractivity contribution in [3.05, 3.63) is 54.6 Å². The average Bonchev–Trinajstić information content (AvgIpc) is 3.16. The van der Waals surface area contributed by atoms with Crippen LogP contribution in [0.3, 0.4) is 0 Å². The highest BCUT2D eigenvalue weighted by atomic mass is 32.2. The summed E-state index contributed by atoms with van der Waals surface area (Å²) >= 11 is 0. The number of fused-ring (bicyclic) bond motifs is 1. The molecule has 32 heavy (non-hydrogen) atoms. The number of imidazole rings is 1. The van der Waals surface area contributed by atoms with Gasteiger partial charge < -0.3 is 9.47 Å². The molecule has 2 aromatic heterocycles. The molecule has 0 radical (unpaired) electrons. The van der Waals surface area contributed by atoms with Crippen LogP contribution in [0, 0.1) is 17.6 Å². The molecular weight excluding hydrogens is 440 g/mol. The quantitative estimate of drug-likeness (QED) is 0.580. The number of aromatic nitrogens is 3. The fourth-order valence-electron chi connectivity index (χ4n) is 3.95. The molecule has 170 valence electrons. The second-order valence-electron chi connectivity index (χ2n) is 8.01. The van der Waals surface area contributed by atoms with Gasteiger partial charge in [0.15, 0.2) is 11.6 Å². The molecule has 1 saturated heterocycles. The smallest absolute Gasteiger partial charge is 0.246 e. The fraction of sp³-hybridized carbons (Fsp3) is 0.381. The zero-order valence-corrected chi connectivity index (χ0v) is 18.5. The van der Waals surface area contributed by atoms with Crippen molar-refractivity contribution in [2.75, 3.05) is 26.2 Å². The molecule has 1 unspecified atom stereocenters. The Kier molecular flexibility index (Phi) is 5.95. The monoisotopic (exact) mass is 463 g/mol. The molecular formula is C21H23F2N5O3S. The third-order valence-corrected chi connectivity index (χ3v) is 7.51. The maximum Gasteiger partial charge on any atom is 0.246 e. The van der Waals surface area contributed by atoms with Crippen molar-refractivity contribution in [2.45, 2.75) is 24.8 Å². The summed E-state index contributed by atoms with van der Waals surface area (Å²) in [6.45, 7) is 4.46. The normalized spacial score (nSPS) is 16.6. The van der Waals surface area contributed by atoms with E-state index in [9.17, 15) is 22.0 Å². The van der Waals surface area contributed by atoms with Gasteiger partial charge in [0, 0.05) is 50.7 Å². The van der Waals surface area contributed by atoms with Crippen LogP contribution in [-0.2, 0) is 14.8 Å². The Hall–Kier alpha value is -2.92. The molecule has 4 rings (SSSR count). The third-order valence-electron chi connectivity index (χ3n) is 5.62. The minimum absolute atomic E-state index is 0.110. The number of amides is 1. The van der Waals surface area contributed by atoms with Gasteiger partial charge in [0.2, 0.25) is 15.9 Å². The van der Waals surface area contributed by atoms with Gasteiger partial charge in [0.1, 0.15) is 10.9 Å². The van der Waals surface area contributed by atoms with E-state index in [1.54, 1.807) is 15.5 Å². The number of benzene rings is 1. The largest absolute Gasteiger partial charge is 0.338 e. The second-order valence-corrected chi connectivity index (χ2v) is 9.95. The standard InChI is InChI=1S/C21H23F2N5O3S/c1-14(2)20(28-13-25-18-10-16(22)17(23)11-19(18)28)21(29)26-6-8-27(9-7-26)32(30,31)15-4-3-5-24-12-15/h3-5,10-14,20H,6-9H2,1-2H3. The van der Waals surface area contributed by atoms with E-state index in [4.69, 9.17) is 0 Å². The van der Waals surface area contributed by atoms with Gasteiger partial charge in [-0.25, -0.2) is 22.2 Å².